The van der Waals surface area contributed by atoms with Crippen molar-refractivity contribution in [3.05, 3.63) is 0 Å². The maximum atomic E-state index is 12.2. The summed E-state index contributed by atoms with van der Waals surface area (Å²) in [6.45, 7) is 31.5. The molecule has 0 aromatic heterocycles. The first-order valence-electron chi connectivity index (χ1n) is 11.8. The number of hydrogen-bond donors (Lipinski definition) is 0. The van der Waals surface area contributed by atoms with Gasteiger partial charge in [0.2, 0.25) is 0 Å². The molecular weight excluding hydrogens is 443 g/mol. The molecule has 0 heterocycles. The van der Waals surface area contributed by atoms with Crippen LogP contribution in [0.25, 0.3) is 0 Å². The Hall–Kier alpha value is 0.680. The van der Waals surface area contributed by atoms with Gasteiger partial charge in [-0.3, -0.25) is 14.1 Å². The fourth-order valence-corrected chi connectivity index (χ4v) is 11.1. The normalized spacial score (nSPS) is 14.0. The lowest BCUT2D eigenvalue weighted by Crippen LogP contribution is -2.42. The average Bonchev–Trinajstić information content (AvgIpc) is 2.56. The summed E-state index contributed by atoms with van der Waals surface area (Å²) in [5.41, 5.74) is -0.261. The number of nitrogens with zero attached hydrogens (tertiary/aromatic N) is 2. The van der Waals surface area contributed by atoms with Crippen molar-refractivity contribution in [3.63, 3.8) is 0 Å². The third-order valence-electron chi connectivity index (χ3n) is 4.70. The van der Waals surface area contributed by atoms with Crippen LogP contribution in [0.15, 0.2) is 0 Å². The zero-order chi connectivity index (χ0) is 24.7. The smallest absolute Gasteiger partial charge is 0.192 e. The Morgan fingerprint density at radius 1 is 0.806 bits per heavy atom. The van der Waals surface area contributed by atoms with Crippen LogP contribution in [-0.2, 0) is 9.53 Å². The summed E-state index contributed by atoms with van der Waals surface area (Å²) in [6, 6.07) is 1.94. The Labute approximate surface area is 204 Å². The molecule has 4 nitrogen and oxygen atoms in total. The van der Waals surface area contributed by atoms with Gasteiger partial charge in [0.1, 0.15) is 7.42 Å². The fraction of sp³-hybridized carbons (Fsp3) is 0.958. The van der Waals surface area contributed by atoms with Crippen LogP contribution in [-0.4, -0.2) is 61.3 Å². The van der Waals surface area contributed by atoms with E-state index in [0.717, 1.165) is 5.75 Å². The van der Waals surface area contributed by atoms with Crippen molar-refractivity contribution in [2.75, 3.05) is 12.4 Å². The minimum absolute atomic E-state index is 0.0486. The molecule has 0 spiro atoms. The van der Waals surface area contributed by atoms with E-state index in [1.807, 2.05) is 25.2 Å². The van der Waals surface area contributed by atoms with E-state index >= 15 is 0 Å². The summed E-state index contributed by atoms with van der Waals surface area (Å²) in [5.74, 6) is 0.969. The maximum absolute atomic E-state index is 12.2. The molecule has 0 aromatic carbocycles. The minimum Gasteiger partial charge on any atom is -0.373 e. The molecule has 0 saturated carbocycles. The molecule has 0 saturated heterocycles. The van der Waals surface area contributed by atoms with Crippen molar-refractivity contribution in [3.8, 4) is 0 Å². The molecule has 0 aliphatic carbocycles. The second kappa shape index (κ2) is 13.5. The average molecular weight is 495 g/mol. The molecule has 0 atom stereocenters. The van der Waals surface area contributed by atoms with Gasteiger partial charge in [-0.1, -0.05) is 37.0 Å². The molecule has 0 radical (unpaired) electrons. The second-order valence-electron chi connectivity index (χ2n) is 11.0. The number of carbonyl (C=O) groups is 1. The van der Waals surface area contributed by atoms with Crippen molar-refractivity contribution in [2.24, 2.45) is 5.92 Å². The minimum atomic E-state index is -0.527. The summed E-state index contributed by atoms with van der Waals surface area (Å²) in [5, 5.41) is 0.235. The first kappa shape index (κ1) is 31.7. The summed E-state index contributed by atoms with van der Waals surface area (Å²) < 4.78 is 11.5. The Morgan fingerprint density at radius 3 is 1.52 bits per heavy atom. The molecular formula is C24H51N2O2PS2. The zero-order valence-electron chi connectivity index (χ0n) is 22.8. The predicted octanol–water partition coefficient (Wildman–Crippen LogP) is 7.67. The van der Waals surface area contributed by atoms with Crippen molar-refractivity contribution >= 4 is 35.7 Å². The molecule has 31 heavy (non-hydrogen) atoms. The lowest BCUT2D eigenvalue weighted by molar-refractivity contribution is -0.113. The van der Waals surface area contributed by atoms with Gasteiger partial charge < -0.3 is 4.74 Å². The van der Waals surface area contributed by atoms with E-state index in [-0.39, 0.29) is 21.4 Å². The first-order chi connectivity index (χ1) is 13.9. The molecule has 7 heteroatoms. The summed E-state index contributed by atoms with van der Waals surface area (Å²) in [6.07, 6.45) is 0. The molecule has 0 rings (SSSR count). The molecule has 0 aromatic rings. The topological polar surface area (TPSA) is 32.8 Å². The van der Waals surface area contributed by atoms with E-state index in [2.05, 4.69) is 92.4 Å². The zero-order valence-corrected chi connectivity index (χ0v) is 25.3. The Bertz CT molecular complexity index is 502. The van der Waals surface area contributed by atoms with Gasteiger partial charge in [0.15, 0.2) is 5.12 Å². The molecule has 0 bridgehead atoms. The van der Waals surface area contributed by atoms with Crippen molar-refractivity contribution in [1.29, 1.82) is 0 Å². The highest BCUT2D eigenvalue weighted by molar-refractivity contribution is 8.54. The van der Waals surface area contributed by atoms with Gasteiger partial charge in [0, 0.05) is 40.6 Å². The number of hydrogen-bond acceptors (Lipinski definition) is 6. The molecule has 0 N–H and O–H groups in total. The second-order valence-corrected chi connectivity index (χ2v) is 16.5. The van der Waals surface area contributed by atoms with E-state index in [1.165, 1.54) is 11.8 Å². The quantitative estimate of drug-likeness (QED) is 0.230. The lowest BCUT2D eigenvalue weighted by atomic mass is 10.1. The molecule has 0 aliphatic heterocycles. The van der Waals surface area contributed by atoms with Gasteiger partial charge in [-0.25, -0.2) is 0 Å². The van der Waals surface area contributed by atoms with E-state index < -0.39 is 7.42 Å². The predicted molar refractivity (Wildman–Crippen MR) is 145 cm³/mol. The van der Waals surface area contributed by atoms with Gasteiger partial charge in [-0.2, -0.15) is 0 Å². The first-order valence-corrected chi connectivity index (χ1v) is 15.4. The number of rotatable bonds is 14. The van der Waals surface area contributed by atoms with Crippen LogP contribution in [0.1, 0.15) is 96.9 Å². The number of thioether (sulfide) groups is 1. The highest BCUT2D eigenvalue weighted by Gasteiger charge is 2.36. The summed E-state index contributed by atoms with van der Waals surface area (Å²) >= 11 is 3.46. The Balaban J connectivity index is 5.39. The molecule has 0 fully saturated rings. The summed E-state index contributed by atoms with van der Waals surface area (Å²) in [4.78, 5) is 12.2. The van der Waals surface area contributed by atoms with Gasteiger partial charge in [-0.05, 0) is 83.1 Å². The van der Waals surface area contributed by atoms with Gasteiger partial charge in [0.25, 0.3) is 0 Å². The molecule has 0 unspecified atom stereocenters. The largest absolute Gasteiger partial charge is 0.373 e. The van der Waals surface area contributed by atoms with Crippen LogP contribution in [0.4, 0.5) is 0 Å². The maximum Gasteiger partial charge on any atom is 0.192 e. The van der Waals surface area contributed by atoms with Crippen molar-refractivity contribution < 1.29 is 9.53 Å². The summed E-state index contributed by atoms with van der Waals surface area (Å²) in [7, 11) is -0.527. The third-order valence-corrected chi connectivity index (χ3v) is 11.9. The van der Waals surface area contributed by atoms with Gasteiger partial charge >= 0.3 is 0 Å². The molecule has 0 amide bonds. The third kappa shape index (κ3) is 11.6. The van der Waals surface area contributed by atoms with Gasteiger partial charge in [0.05, 0.1) is 12.2 Å². The van der Waals surface area contributed by atoms with E-state index in [0.29, 0.717) is 30.8 Å². The van der Waals surface area contributed by atoms with E-state index in [9.17, 15) is 4.79 Å². The van der Waals surface area contributed by atoms with E-state index in [4.69, 9.17) is 4.74 Å². The van der Waals surface area contributed by atoms with Gasteiger partial charge in [-0.15, -0.1) is 0 Å². The highest BCUT2D eigenvalue weighted by Crippen LogP contribution is 2.60. The van der Waals surface area contributed by atoms with E-state index in [1.54, 1.807) is 0 Å². The van der Waals surface area contributed by atoms with Crippen molar-refractivity contribution in [1.82, 2.24) is 9.34 Å². The van der Waals surface area contributed by atoms with Crippen LogP contribution in [0.5, 0.6) is 0 Å². The van der Waals surface area contributed by atoms with Crippen LogP contribution in [0, 0.1) is 5.92 Å². The Kier molecular flexibility index (Phi) is 13.8. The van der Waals surface area contributed by atoms with Crippen molar-refractivity contribution in [2.45, 2.75) is 131 Å². The number of ether oxygens (including phenoxy) is 1. The SMILES string of the molecule is CC(C)C(=O)SC(C)(C)COC(C)(C)CSP(N(C(C)C)C(C)C)N(C(C)C)C(C)C. The standard InChI is InChI=1S/C24H51N2O2PS2/c1-17(2)22(27)31-24(13,14)15-28-23(11,12)16-30-29(25(18(3)4)19(5)6)26(20(7)8)21(9)10/h17-21H,15-16H2,1-14H3. The highest BCUT2D eigenvalue weighted by atomic mass is 32.7. The van der Waals surface area contributed by atoms with Crippen LogP contribution in [0.2, 0.25) is 0 Å². The lowest BCUT2D eigenvalue weighted by Gasteiger charge is -2.47. The van der Waals surface area contributed by atoms with Crippen LogP contribution < -0.4 is 0 Å². The molecule has 186 valence electrons. The number of carbonyl (C=O) groups excluding carboxylic acids is 1. The molecule has 0 aliphatic rings. The monoisotopic (exact) mass is 494 g/mol. The fourth-order valence-electron chi connectivity index (χ4n) is 3.28. The van der Waals surface area contributed by atoms with Crippen LogP contribution in [0.3, 0.4) is 0 Å². The van der Waals surface area contributed by atoms with Crippen LogP contribution >= 0.6 is 30.6 Å². The Morgan fingerprint density at radius 2 is 1.19 bits per heavy atom.